The molecule has 0 bridgehead atoms. The van der Waals surface area contributed by atoms with Gasteiger partial charge in [-0.25, -0.2) is 4.39 Å². The van der Waals surface area contributed by atoms with Gasteiger partial charge in [-0.05, 0) is 49.9 Å². The highest BCUT2D eigenvalue weighted by Crippen LogP contribution is 2.16. The van der Waals surface area contributed by atoms with Gasteiger partial charge in [-0.1, -0.05) is 17.7 Å². The lowest BCUT2D eigenvalue weighted by atomic mass is 10.1. The van der Waals surface area contributed by atoms with E-state index in [4.69, 9.17) is 16.3 Å². The summed E-state index contributed by atoms with van der Waals surface area (Å²) in [6, 6.07) is 4.92. The zero-order chi connectivity index (χ0) is 12.8. The summed E-state index contributed by atoms with van der Waals surface area (Å²) in [6.07, 6.45) is 5.04. The second-order valence-electron chi connectivity index (χ2n) is 4.70. The van der Waals surface area contributed by atoms with Gasteiger partial charge in [0.15, 0.2) is 0 Å². The standard InChI is InChI=1S/C14H19ClFNO/c15-13-5-4-11(9-14(13)16)10-17-7-6-12-3-1-2-8-18-12/h4-5,9,12,17H,1-3,6-8,10H2. The first-order valence-corrected chi connectivity index (χ1v) is 6.90. The fourth-order valence-electron chi connectivity index (χ4n) is 2.18. The summed E-state index contributed by atoms with van der Waals surface area (Å²) >= 11 is 5.63. The molecule has 1 heterocycles. The molecule has 2 nitrogen and oxygen atoms in total. The molecule has 1 aliphatic rings. The lowest BCUT2D eigenvalue weighted by Gasteiger charge is -2.22. The Bertz CT molecular complexity index is 380. The van der Waals surface area contributed by atoms with E-state index >= 15 is 0 Å². The molecule has 1 unspecified atom stereocenters. The molecule has 4 heteroatoms. The second-order valence-corrected chi connectivity index (χ2v) is 5.11. The van der Waals surface area contributed by atoms with Crippen molar-refractivity contribution in [1.82, 2.24) is 5.32 Å². The van der Waals surface area contributed by atoms with Crippen molar-refractivity contribution in [3.8, 4) is 0 Å². The lowest BCUT2D eigenvalue weighted by Crippen LogP contribution is -2.25. The summed E-state index contributed by atoms with van der Waals surface area (Å²) in [7, 11) is 0. The third-order valence-corrected chi connectivity index (χ3v) is 3.54. The molecule has 2 rings (SSSR count). The maximum Gasteiger partial charge on any atom is 0.142 e. The van der Waals surface area contributed by atoms with Crippen molar-refractivity contribution in [2.24, 2.45) is 0 Å². The summed E-state index contributed by atoms with van der Waals surface area (Å²) in [5.74, 6) is -0.355. The summed E-state index contributed by atoms with van der Waals surface area (Å²) in [5.41, 5.74) is 0.918. The predicted octanol–water partition coefficient (Wildman–Crippen LogP) is 3.53. The van der Waals surface area contributed by atoms with Crippen LogP contribution in [-0.4, -0.2) is 19.3 Å². The number of rotatable bonds is 5. The molecule has 1 aromatic carbocycles. The van der Waals surface area contributed by atoms with Crippen molar-refractivity contribution in [3.63, 3.8) is 0 Å². The highest BCUT2D eigenvalue weighted by Gasteiger charge is 2.12. The van der Waals surface area contributed by atoms with E-state index in [-0.39, 0.29) is 10.8 Å². The normalized spacial score (nSPS) is 20.0. The highest BCUT2D eigenvalue weighted by molar-refractivity contribution is 6.30. The number of hydrogen-bond donors (Lipinski definition) is 1. The first-order valence-electron chi connectivity index (χ1n) is 6.52. The molecule has 18 heavy (non-hydrogen) atoms. The average molecular weight is 272 g/mol. The number of hydrogen-bond acceptors (Lipinski definition) is 2. The zero-order valence-corrected chi connectivity index (χ0v) is 11.2. The number of ether oxygens (including phenoxy) is 1. The Kier molecular flexibility index (Phi) is 5.42. The zero-order valence-electron chi connectivity index (χ0n) is 10.4. The minimum Gasteiger partial charge on any atom is -0.378 e. The maximum absolute atomic E-state index is 13.2. The van der Waals surface area contributed by atoms with Crippen molar-refractivity contribution in [3.05, 3.63) is 34.6 Å². The topological polar surface area (TPSA) is 21.3 Å². The number of nitrogens with one attached hydrogen (secondary N) is 1. The van der Waals surface area contributed by atoms with Crippen molar-refractivity contribution in [2.45, 2.75) is 38.3 Å². The van der Waals surface area contributed by atoms with Crippen molar-refractivity contribution < 1.29 is 9.13 Å². The van der Waals surface area contributed by atoms with Crippen LogP contribution in [0.15, 0.2) is 18.2 Å². The molecule has 1 fully saturated rings. The first kappa shape index (κ1) is 13.8. The molecule has 0 aliphatic carbocycles. The molecule has 1 saturated heterocycles. The van der Waals surface area contributed by atoms with E-state index < -0.39 is 0 Å². The Morgan fingerprint density at radius 2 is 2.28 bits per heavy atom. The van der Waals surface area contributed by atoms with Crippen molar-refractivity contribution >= 4 is 11.6 Å². The summed E-state index contributed by atoms with van der Waals surface area (Å²) in [6.45, 7) is 2.46. The van der Waals surface area contributed by atoms with Crippen LogP contribution in [0.1, 0.15) is 31.2 Å². The monoisotopic (exact) mass is 271 g/mol. The number of benzene rings is 1. The molecule has 1 N–H and O–H groups in total. The molecule has 0 saturated carbocycles. The third-order valence-electron chi connectivity index (χ3n) is 3.23. The quantitative estimate of drug-likeness (QED) is 0.828. The molecule has 1 aliphatic heterocycles. The van der Waals surface area contributed by atoms with Gasteiger partial charge in [0.2, 0.25) is 0 Å². The van der Waals surface area contributed by atoms with Gasteiger partial charge in [0.1, 0.15) is 5.82 Å². The van der Waals surface area contributed by atoms with E-state index in [0.29, 0.717) is 12.6 Å². The van der Waals surface area contributed by atoms with Crippen molar-refractivity contribution in [2.75, 3.05) is 13.2 Å². The van der Waals surface area contributed by atoms with Crippen LogP contribution in [0.4, 0.5) is 4.39 Å². The van der Waals surface area contributed by atoms with E-state index in [1.165, 1.54) is 18.9 Å². The molecule has 0 spiro atoms. The van der Waals surface area contributed by atoms with Gasteiger partial charge in [0.05, 0.1) is 11.1 Å². The average Bonchev–Trinajstić information content (AvgIpc) is 2.40. The van der Waals surface area contributed by atoms with Crippen LogP contribution < -0.4 is 5.32 Å². The van der Waals surface area contributed by atoms with Gasteiger partial charge in [-0.3, -0.25) is 0 Å². The van der Waals surface area contributed by atoms with Crippen LogP contribution in [0.5, 0.6) is 0 Å². The third kappa shape index (κ3) is 4.23. The molecule has 100 valence electrons. The molecular formula is C14H19ClFNO. The molecule has 1 aromatic rings. The molecule has 0 aromatic heterocycles. The second kappa shape index (κ2) is 7.07. The smallest absolute Gasteiger partial charge is 0.142 e. The van der Waals surface area contributed by atoms with Crippen molar-refractivity contribution in [1.29, 1.82) is 0 Å². The molecular weight excluding hydrogens is 253 g/mol. The van der Waals surface area contributed by atoms with E-state index in [1.54, 1.807) is 6.07 Å². The van der Waals surface area contributed by atoms with Crippen LogP contribution in [0.2, 0.25) is 5.02 Å². The predicted molar refractivity (Wildman–Crippen MR) is 71.3 cm³/mol. The molecule has 1 atom stereocenters. The van der Waals surface area contributed by atoms with Crippen LogP contribution in [-0.2, 0) is 11.3 Å². The fourth-order valence-corrected chi connectivity index (χ4v) is 2.30. The largest absolute Gasteiger partial charge is 0.378 e. The van der Waals surface area contributed by atoms with E-state index in [0.717, 1.165) is 31.6 Å². The number of halogens is 2. The van der Waals surface area contributed by atoms with Gasteiger partial charge in [0, 0.05) is 13.2 Å². The van der Waals surface area contributed by atoms with E-state index in [1.807, 2.05) is 6.07 Å². The minimum absolute atomic E-state index is 0.175. The fraction of sp³-hybridized carbons (Fsp3) is 0.571. The van der Waals surface area contributed by atoms with E-state index in [2.05, 4.69) is 5.32 Å². The van der Waals surface area contributed by atoms with Crippen LogP contribution >= 0.6 is 11.6 Å². The van der Waals surface area contributed by atoms with Gasteiger partial charge < -0.3 is 10.1 Å². The molecule has 0 amide bonds. The summed E-state index contributed by atoms with van der Waals surface area (Å²) < 4.78 is 18.8. The van der Waals surface area contributed by atoms with E-state index in [9.17, 15) is 4.39 Å². The maximum atomic E-state index is 13.2. The Labute approximate surface area is 112 Å². The van der Waals surface area contributed by atoms with Gasteiger partial charge in [-0.2, -0.15) is 0 Å². The Morgan fingerprint density at radius 3 is 3.00 bits per heavy atom. The SMILES string of the molecule is Fc1cc(CNCCC2CCCCO2)ccc1Cl. The first-order chi connectivity index (χ1) is 8.75. The molecule has 0 radical (unpaired) electrons. The van der Waals surface area contributed by atoms with Gasteiger partial charge in [-0.15, -0.1) is 0 Å². The van der Waals surface area contributed by atoms with Crippen LogP contribution in [0.25, 0.3) is 0 Å². The van der Waals surface area contributed by atoms with Gasteiger partial charge >= 0.3 is 0 Å². The van der Waals surface area contributed by atoms with Gasteiger partial charge in [0.25, 0.3) is 0 Å². The Balaban J connectivity index is 1.66. The Hall–Kier alpha value is -0.640. The minimum atomic E-state index is -0.355. The highest BCUT2D eigenvalue weighted by atomic mass is 35.5. The Morgan fingerprint density at radius 1 is 1.39 bits per heavy atom. The van der Waals surface area contributed by atoms with Crippen LogP contribution in [0.3, 0.4) is 0 Å². The summed E-state index contributed by atoms with van der Waals surface area (Å²) in [4.78, 5) is 0. The lowest BCUT2D eigenvalue weighted by molar-refractivity contribution is 0.0115. The van der Waals surface area contributed by atoms with Crippen LogP contribution in [0, 0.1) is 5.82 Å². The summed E-state index contributed by atoms with van der Waals surface area (Å²) in [5, 5.41) is 3.48.